The van der Waals surface area contributed by atoms with E-state index in [2.05, 4.69) is 51.1 Å². The van der Waals surface area contributed by atoms with Crippen molar-refractivity contribution in [3.05, 3.63) is 41.7 Å². The minimum Gasteiger partial charge on any atom is -0.365 e. The Bertz CT molecular complexity index is 994. The van der Waals surface area contributed by atoms with Crippen molar-refractivity contribution in [2.75, 3.05) is 41.3 Å². The van der Waals surface area contributed by atoms with Crippen LogP contribution >= 0.6 is 0 Å². The van der Waals surface area contributed by atoms with Gasteiger partial charge in [-0.2, -0.15) is 5.26 Å². The largest absolute Gasteiger partial charge is 0.365 e. The monoisotopic (exact) mass is 433 g/mol. The van der Waals surface area contributed by atoms with E-state index in [-0.39, 0.29) is 18.1 Å². The lowest BCUT2D eigenvalue weighted by Gasteiger charge is -2.45. The van der Waals surface area contributed by atoms with Crippen LogP contribution in [0.2, 0.25) is 0 Å². The van der Waals surface area contributed by atoms with Crippen LogP contribution in [0.4, 0.5) is 22.1 Å². The van der Waals surface area contributed by atoms with E-state index < -0.39 is 0 Å². The molecule has 0 spiro atoms. The summed E-state index contributed by atoms with van der Waals surface area (Å²) in [4.78, 5) is 28.3. The second-order valence-corrected chi connectivity index (χ2v) is 8.86. The van der Waals surface area contributed by atoms with Crippen molar-refractivity contribution in [2.24, 2.45) is 0 Å². The maximum Gasteiger partial charge on any atom is 0.322 e. The number of nitriles is 1. The van der Waals surface area contributed by atoms with Gasteiger partial charge >= 0.3 is 6.03 Å². The van der Waals surface area contributed by atoms with E-state index in [1.54, 1.807) is 12.4 Å². The van der Waals surface area contributed by atoms with Gasteiger partial charge in [-0.3, -0.25) is 0 Å². The molecule has 1 aromatic heterocycles. The molecule has 2 saturated heterocycles. The van der Waals surface area contributed by atoms with E-state index in [1.165, 1.54) is 19.3 Å². The Hall–Kier alpha value is -3.34. The number of hydrogen-bond donors (Lipinski definition) is 1. The number of aromatic nitrogens is 2. The predicted molar refractivity (Wildman–Crippen MR) is 126 cm³/mol. The standard InChI is InChI=1S/C24H31N7O/c1-17-11-22(8-7-20(17)12-25)30-15-19(3)31(16-18(30)2)24(32)28-21-13-26-23(27-14-21)29-9-5-4-6-10-29/h7-8,11,13-14,18-19H,4-6,9-10,15-16H2,1-3H3,(H,28,32)/t18-,19+/m0/s1. The summed E-state index contributed by atoms with van der Waals surface area (Å²) in [5.74, 6) is 0.732. The molecule has 0 aliphatic carbocycles. The zero-order chi connectivity index (χ0) is 22.7. The SMILES string of the molecule is Cc1cc(N2C[C@@H](C)N(C(=O)Nc3cnc(N4CCCCC4)nc3)C[C@@H]2C)ccc1C#N. The van der Waals surface area contributed by atoms with Crippen molar-refractivity contribution in [1.29, 1.82) is 5.26 Å². The number of carbonyl (C=O) groups is 1. The Labute approximate surface area is 189 Å². The number of nitrogens with zero attached hydrogens (tertiary/aromatic N) is 6. The van der Waals surface area contributed by atoms with E-state index in [4.69, 9.17) is 0 Å². The Balaban J connectivity index is 1.39. The highest BCUT2D eigenvalue weighted by Crippen LogP contribution is 2.26. The number of rotatable bonds is 3. The summed E-state index contributed by atoms with van der Waals surface area (Å²) in [5.41, 5.74) is 3.36. The highest BCUT2D eigenvalue weighted by molar-refractivity contribution is 5.89. The van der Waals surface area contributed by atoms with Crippen molar-refractivity contribution in [3.63, 3.8) is 0 Å². The molecule has 168 valence electrons. The third kappa shape index (κ3) is 4.62. The van der Waals surface area contributed by atoms with Gasteiger partial charge in [0.1, 0.15) is 0 Å². The molecule has 0 saturated carbocycles. The molecule has 8 nitrogen and oxygen atoms in total. The molecule has 0 unspecified atom stereocenters. The van der Waals surface area contributed by atoms with Gasteiger partial charge in [-0.15, -0.1) is 0 Å². The van der Waals surface area contributed by atoms with Crippen LogP contribution in [-0.2, 0) is 0 Å². The summed E-state index contributed by atoms with van der Waals surface area (Å²) >= 11 is 0. The number of nitrogens with one attached hydrogen (secondary N) is 1. The molecule has 2 atom stereocenters. The van der Waals surface area contributed by atoms with Crippen molar-refractivity contribution in [1.82, 2.24) is 14.9 Å². The fraction of sp³-hybridized carbons (Fsp3) is 0.500. The van der Waals surface area contributed by atoms with Crippen molar-refractivity contribution in [3.8, 4) is 6.07 Å². The zero-order valence-corrected chi connectivity index (χ0v) is 19.1. The van der Waals surface area contributed by atoms with Crippen LogP contribution in [-0.4, -0.2) is 59.2 Å². The molecule has 3 heterocycles. The molecule has 2 fully saturated rings. The van der Waals surface area contributed by atoms with Crippen LogP contribution in [0.1, 0.15) is 44.2 Å². The first kappa shape index (κ1) is 21.9. The average Bonchev–Trinajstić information content (AvgIpc) is 2.81. The quantitative estimate of drug-likeness (QED) is 0.793. The molecule has 2 aliphatic rings. The molecule has 2 amide bonds. The minimum atomic E-state index is -0.130. The molecule has 1 N–H and O–H groups in total. The number of hydrogen-bond acceptors (Lipinski definition) is 6. The molecule has 8 heteroatoms. The third-order valence-electron chi connectivity index (χ3n) is 6.44. The molecule has 4 rings (SSSR count). The number of amides is 2. The van der Waals surface area contributed by atoms with E-state index >= 15 is 0 Å². The fourth-order valence-corrected chi connectivity index (χ4v) is 4.56. The van der Waals surface area contributed by atoms with Crippen LogP contribution in [0.3, 0.4) is 0 Å². The van der Waals surface area contributed by atoms with Gasteiger partial charge in [0.25, 0.3) is 0 Å². The Morgan fingerprint density at radius 3 is 2.47 bits per heavy atom. The topological polar surface area (TPSA) is 88.4 Å². The first-order chi connectivity index (χ1) is 15.5. The summed E-state index contributed by atoms with van der Waals surface area (Å²) in [6.07, 6.45) is 6.99. The molecule has 0 radical (unpaired) electrons. The maximum absolute atomic E-state index is 13.0. The van der Waals surface area contributed by atoms with Crippen molar-refractivity contribution in [2.45, 2.75) is 52.1 Å². The Kier molecular flexibility index (Phi) is 6.45. The van der Waals surface area contributed by atoms with Crippen LogP contribution in [0, 0.1) is 18.3 Å². The van der Waals surface area contributed by atoms with E-state index in [9.17, 15) is 10.1 Å². The first-order valence-corrected chi connectivity index (χ1v) is 11.4. The van der Waals surface area contributed by atoms with Gasteiger partial charge in [-0.25, -0.2) is 14.8 Å². The number of piperazine rings is 1. The van der Waals surface area contributed by atoms with Gasteiger partial charge in [0.2, 0.25) is 5.95 Å². The minimum absolute atomic E-state index is 0.0377. The molecule has 1 aromatic carbocycles. The number of benzene rings is 1. The lowest BCUT2D eigenvalue weighted by Crippen LogP contribution is -2.59. The summed E-state index contributed by atoms with van der Waals surface area (Å²) in [6, 6.07) is 8.20. The molecule has 2 aromatic rings. The van der Waals surface area contributed by atoms with E-state index in [1.807, 2.05) is 24.0 Å². The normalized spacial score (nSPS) is 21.2. The Morgan fingerprint density at radius 2 is 1.81 bits per heavy atom. The van der Waals surface area contributed by atoms with Gasteiger partial charge < -0.3 is 20.0 Å². The molecule has 2 aliphatic heterocycles. The summed E-state index contributed by atoms with van der Waals surface area (Å²) < 4.78 is 0. The number of piperidine rings is 1. The van der Waals surface area contributed by atoms with Gasteiger partial charge in [0.15, 0.2) is 0 Å². The number of urea groups is 1. The van der Waals surface area contributed by atoms with Crippen LogP contribution in [0.15, 0.2) is 30.6 Å². The van der Waals surface area contributed by atoms with E-state index in [0.29, 0.717) is 17.8 Å². The zero-order valence-electron chi connectivity index (χ0n) is 19.1. The average molecular weight is 434 g/mol. The number of anilines is 3. The fourth-order valence-electron chi connectivity index (χ4n) is 4.56. The molecular formula is C24H31N7O. The van der Waals surface area contributed by atoms with Crippen LogP contribution in [0.5, 0.6) is 0 Å². The third-order valence-corrected chi connectivity index (χ3v) is 6.44. The lowest BCUT2D eigenvalue weighted by atomic mass is 10.0. The second kappa shape index (κ2) is 9.43. The molecule has 32 heavy (non-hydrogen) atoms. The summed E-state index contributed by atoms with van der Waals surface area (Å²) in [5, 5.41) is 12.1. The summed E-state index contributed by atoms with van der Waals surface area (Å²) in [6.45, 7) is 9.46. The van der Waals surface area contributed by atoms with Crippen LogP contribution < -0.4 is 15.1 Å². The highest BCUT2D eigenvalue weighted by Gasteiger charge is 2.32. The lowest BCUT2D eigenvalue weighted by molar-refractivity contribution is 0.173. The highest BCUT2D eigenvalue weighted by atomic mass is 16.2. The smallest absolute Gasteiger partial charge is 0.322 e. The molecular weight excluding hydrogens is 402 g/mol. The summed E-state index contributed by atoms with van der Waals surface area (Å²) in [7, 11) is 0. The maximum atomic E-state index is 13.0. The second-order valence-electron chi connectivity index (χ2n) is 8.86. The van der Waals surface area contributed by atoms with Crippen molar-refractivity contribution < 1.29 is 4.79 Å². The predicted octanol–water partition coefficient (Wildman–Crippen LogP) is 3.78. The molecule has 0 bridgehead atoms. The number of aryl methyl sites for hydroxylation is 1. The van der Waals surface area contributed by atoms with Crippen LogP contribution in [0.25, 0.3) is 0 Å². The van der Waals surface area contributed by atoms with Gasteiger partial charge in [0.05, 0.1) is 29.7 Å². The van der Waals surface area contributed by atoms with Gasteiger partial charge in [-0.1, -0.05) is 0 Å². The van der Waals surface area contributed by atoms with Gasteiger partial charge in [-0.05, 0) is 63.8 Å². The number of carbonyl (C=O) groups excluding carboxylic acids is 1. The van der Waals surface area contributed by atoms with Gasteiger partial charge in [0, 0.05) is 44.0 Å². The van der Waals surface area contributed by atoms with E-state index in [0.717, 1.165) is 36.8 Å². The first-order valence-electron chi connectivity index (χ1n) is 11.4. The van der Waals surface area contributed by atoms with Crippen molar-refractivity contribution >= 4 is 23.4 Å². The Morgan fingerprint density at radius 1 is 1.09 bits per heavy atom.